The molecule has 0 aliphatic rings. The van der Waals surface area contributed by atoms with Crippen LogP contribution in [0.15, 0.2) is 34.9 Å². The van der Waals surface area contributed by atoms with Crippen LogP contribution in [0.3, 0.4) is 0 Å². The van der Waals surface area contributed by atoms with Crippen LogP contribution in [0.25, 0.3) is 0 Å². The smallest absolute Gasteiger partial charge is 0.360 e. The monoisotopic (exact) mass is 383 g/mol. The molecule has 0 unspecified atom stereocenters. The number of aryl methyl sites for hydroxylation is 2. The minimum Gasteiger partial charge on any atom is -0.360 e. The van der Waals surface area contributed by atoms with E-state index >= 15 is 0 Å². The van der Waals surface area contributed by atoms with Gasteiger partial charge >= 0.3 is 6.18 Å². The summed E-state index contributed by atoms with van der Waals surface area (Å²) in [4.78, 5) is 8.42. The predicted molar refractivity (Wildman–Crippen MR) is 91.0 cm³/mol. The van der Waals surface area contributed by atoms with Crippen molar-refractivity contribution in [1.82, 2.24) is 15.1 Å². The minimum atomic E-state index is -4.55. The zero-order valence-corrected chi connectivity index (χ0v) is 14.4. The van der Waals surface area contributed by atoms with Crippen molar-refractivity contribution in [3.05, 3.63) is 52.4 Å². The number of anilines is 4. The number of nitrogens with one attached hydrogen (secondary N) is 2. The van der Waals surface area contributed by atoms with Gasteiger partial charge in [-0.05, 0) is 32.0 Å². The fourth-order valence-corrected chi connectivity index (χ4v) is 2.42. The second kappa shape index (κ2) is 6.83. The van der Waals surface area contributed by atoms with E-state index in [2.05, 4.69) is 25.8 Å². The fraction of sp³-hybridized carbons (Fsp3) is 0.188. The first-order valence-corrected chi connectivity index (χ1v) is 7.78. The van der Waals surface area contributed by atoms with Crippen molar-refractivity contribution in [2.45, 2.75) is 20.0 Å². The molecule has 0 fully saturated rings. The van der Waals surface area contributed by atoms with Gasteiger partial charge in [0.25, 0.3) is 0 Å². The number of hydrogen-bond donors (Lipinski definition) is 2. The molecule has 0 saturated carbocycles. The van der Waals surface area contributed by atoms with Crippen molar-refractivity contribution in [3.63, 3.8) is 0 Å². The van der Waals surface area contributed by atoms with Crippen molar-refractivity contribution < 1.29 is 17.7 Å². The molecule has 6 nitrogen and oxygen atoms in total. The Kier molecular flexibility index (Phi) is 4.73. The van der Waals surface area contributed by atoms with E-state index in [1.165, 1.54) is 12.1 Å². The van der Waals surface area contributed by atoms with Gasteiger partial charge in [0.05, 0.1) is 10.6 Å². The molecule has 0 saturated heterocycles. The van der Waals surface area contributed by atoms with Gasteiger partial charge in [0.1, 0.15) is 11.6 Å². The topological polar surface area (TPSA) is 75.9 Å². The van der Waals surface area contributed by atoms with E-state index in [1.807, 2.05) is 0 Å². The van der Waals surface area contributed by atoms with Gasteiger partial charge in [0.2, 0.25) is 5.95 Å². The molecule has 0 aliphatic heterocycles. The second-order valence-corrected chi connectivity index (χ2v) is 5.89. The first-order chi connectivity index (χ1) is 12.2. The zero-order chi connectivity index (χ0) is 18.9. The molecular weight excluding hydrogens is 371 g/mol. The summed E-state index contributed by atoms with van der Waals surface area (Å²) in [5.41, 5.74) is -0.121. The van der Waals surface area contributed by atoms with Crippen LogP contribution in [0.1, 0.15) is 17.0 Å². The SMILES string of the molecule is Cc1cc(Nc2ccc(Cl)c(C(F)(F)F)c2)nc(Nc2cc(C)on2)n1. The van der Waals surface area contributed by atoms with Crippen LogP contribution in [0, 0.1) is 13.8 Å². The molecule has 1 aromatic carbocycles. The summed E-state index contributed by atoms with van der Waals surface area (Å²) in [7, 11) is 0. The van der Waals surface area contributed by atoms with Gasteiger partial charge in [-0.25, -0.2) is 4.98 Å². The maximum Gasteiger partial charge on any atom is 0.417 e. The Labute approximate surface area is 151 Å². The van der Waals surface area contributed by atoms with Crippen LogP contribution >= 0.6 is 11.6 Å². The Morgan fingerprint density at radius 1 is 1.00 bits per heavy atom. The van der Waals surface area contributed by atoms with Gasteiger partial charge in [-0.1, -0.05) is 16.8 Å². The molecule has 26 heavy (non-hydrogen) atoms. The molecule has 3 aromatic rings. The lowest BCUT2D eigenvalue weighted by atomic mass is 10.2. The molecule has 2 heterocycles. The maximum atomic E-state index is 13.0. The summed E-state index contributed by atoms with van der Waals surface area (Å²) >= 11 is 5.63. The lowest BCUT2D eigenvalue weighted by molar-refractivity contribution is -0.137. The van der Waals surface area contributed by atoms with Crippen molar-refractivity contribution in [2.24, 2.45) is 0 Å². The number of benzene rings is 1. The number of aromatic nitrogens is 3. The minimum absolute atomic E-state index is 0.197. The van der Waals surface area contributed by atoms with Gasteiger partial charge in [-0.2, -0.15) is 18.2 Å². The van der Waals surface area contributed by atoms with E-state index in [9.17, 15) is 13.2 Å². The highest BCUT2D eigenvalue weighted by Crippen LogP contribution is 2.36. The van der Waals surface area contributed by atoms with Crippen LogP contribution < -0.4 is 10.6 Å². The molecule has 0 amide bonds. The van der Waals surface area contributed by atoms with Crippen LogP contribution in [-0.2, 0) is 6.18 Å². The van der Waals surface area contributed by atoms with Gasteiger partial charge in [0.15, 0.2) is 5.82 Å². The molecule has 2 N–H and O–H groups in total. The lowest BCUT2D eigenvalue weighted by Gasteiger charge is -2.13. The van der Waals surface area contributed by atoms with E-state index in [0.29, 0.717) is 23.1 Å². The van der Waals surface area contributed by atoms with Crippen LogP contribution in [-0.4, -0.2) is 15.1 Å². The van der Waals surface area contributed by atoms with Crippen LogP contribution in [0.5, 0.6) is 0 Å². The highest BCUT2D eigenvalue weighted by molar-refractivity contribution is 6.31. The summed E-state index contributed by atoms with van der Waals surface area (Å²) in [6.45, 7) is 3.47. The normalized spacial score (nSPS) is 11.5. The fourth-order valence-electron chi connectivity index (χ4n) is 2.20. The van der Waals surface area contributed by atoms with Gasteiger partial charge in [-0.15, -0.1) is 0 Å². The Bertz CT molecular complexity index is 942. The largest absolute Gasteiger partial charge is 0.417 e. The van der Waals surface area contributed by atoms with Gasteiger partial charge < -0.3 is 15.2 Å². The summed E-state index contributed by atoms with van der Waals surface area (Å²) in [5, 5.41) is 9.10. The summed E-state index contributed by atoms with van der Waals surface area (Å²) in [6.07, 6.45) is -4.55. The third-order valence-corrected chi connectivity index (χ3v) is 3.60. The number of hydrogen-bond acceptors (Lipinski definition) is 6. The average Bonchev–Trinajstić information content (AvgIpc) is 2.92. The molecule has 0 spiro atoms. The third kappa shape index (κ3) is 4.23. The van der Waals surface area contributed by atoms with E-state index in [-0.39, 0.29) is 16.7 Å². The summed E-state index contributed by atoms with van der Waals surface area (Å²) in [6, 6.07) is 6.80. The van der Waals surface area contributed by atoms with Crippen LogP contribution in [0.2, 0.25) is 5.02 Å². The second-order valence-electron chi connectivity index (χ2n) is 5.48. The molecule has 3 rings (SSSR count). The Morgan fingerprint density at radius 2 is 1.77 bits per heavy atom. The highest BCUT2D eigenvalue weighted by atomic mass is 35.5. The Balaban J connectivity index is 1.86. The summed E-state index contributed by atoms with van der Waals surface area (Å²) < 4.78 is 43.9. The quantitative estimate of drug-likeness (QED) is 0.641. The lowest BCUT2D eigenvalue weighted by Crippen LogP contribution is -2.07. The van der Waals surface area contributed by atoms with E-state index in [1.54, 1.807) is 26.0 Å². The van der Waals surface area contributed by atoms with Crippen molar-refractivity contribution in [3.8, 4) is 0 Å². The van der Waals surface area contributed by atoms with Crippen molar-refractivity contribution >= 4 is 34.9 Å². The molecule has 0 atom stereocenters. The average molecular weight is 384 g/mol. The molecule has 2 aromatic heterocycles. The molecule has 10 heteroatoms. The third-order valence-electron chi connectivity index (χ3n) is 3.27. The van der Waals surface area contributed by atoms with Crippen LogP contribution in [0.4, 0.5) is 36.4 Å². The highest BCUT2D eigenvalue weighted by Gasteiger charge is 2.33. The summed E-state index contributed by atoms with van der Waals surface area (Å²) in [5.74, 6) is 1.57. The van der Waals surface area contributed by atoms with E-state index in [4.69, 9.17) is 16.1 Å². The number of halogens is 4. The molecule has 0 bridgehead atoms. The first kappa shape index (κ1) is 18.0. The van der Waals surface area contributed by atoms with E-state index in [0.717, 1.165) is 6.07 Å². The van der Waals surface area contributed by atoms with E-state index < -0.39 is 11.7 Å². The Hall–Kier alpha value is -2.81. The first-order valence-electron chi connectivity index (χ1n) is 7.40. The molecule has 0 aliphatic carbocycles. The molecule has 136 valence electrons. The van der Waals surface area contributed by atoms with Crippen molar-refractivity contribution in [1.29, 1.82) is 0 Å². The molecule has 0 radical (unpaired) electrons. The van der Waals surface area contributed by atoms with Gasteiger partial charge in [-0.3, -0.25) is 0 Å². The predicted octanol–water partition coefficient (Wildman–Crippen LogP) is 5.24. The number of nitrogens with zero attached hydrogens (tertiary/aromatic N) is 3. The van der Waals surface area contributed by atoms with Gasteiger partial charge in [0, 0.05) is 23.5 Å². The standard InChI is InChI=1S/C16H13ClF3N5O/c1-8-5-13(23-15(21-8)24-14-6-9(2)26-25-14)22-10-3-4-12(17)11(7-10)16(18,19)20/h3-7H,1-2H3,(H2,21,22,23,24,25). The van der Waals surface area contributed by atoms with Crippen molar-refractivity contribution in [2.75, 3.05) is 10.6 Å². The Morgan fingerprint density at radius 3 is 2.42 bits per heavy atom. The zero-order valence-electron chi connectivity index (χ0n) is 13.6. The number of rotatable bonds is 4. The maximum absolute atomic E-state index is 13.0. The molecular formula is C16H13ClF3N5O. The number of alkyl halides is 3.